The number of aliphatic imine (C=N–C) groups is 1. The third-order valence-electron chi connectivity index (χ3n) is 4.46. The van der Waals surface area contributed by atoms with Gasteiger partial charge in [0.2, 0.25) is 5.91 Å². The Bertz CT molecular complexity index is 577. The van der Waals surface area contributed by atoms with Gasteiger partial charge in [-0.3, -0.25) is 14.7 Å². The number of hydrogen-bond donors (Lipinski definition) is 3. The van der Waals surface area contributed by atoms with E-state index in [-0.39, 0.29) is 36.4 Å². The Balaban J connectivity index is 0.00000364. The number of carbonyl (C=O) groups excluding carboxylic acids is 1. The van der Waals surface area contributed by atoms with E-state index in [1.807, 2.05) is 30.3 Å². The largest absolute Gasteiger partial charge is 0.379 e. The van der Waals surface area contributed by atoms with Gasteiger partial charge in [-0.05, 0) is 18.1 Å². The Hall–Kier alpha value is -1.39. The van der Waals surface area contributed by atoms with Crippen molar-refractivity contribution < 1.29 is 9.53 Å². The Labute approximate surface area is 179 Å². The van der Waals surface area contributed by atoms with Gasteiger partial charge in [-0.25, -0.2) is 0 Å². The van der Waals surface area contributed by atoms with Crippen LogP contribution in [0, 0.1) is 5.92 Å². The molecule has 0 saturated carbocycles. The van der Waals surface area contributed by atoms with Crippen LogP contribution in [-0.4, -0.2) is 69.2 Å². The lowest BCUT2D eigenvalue weighted by Gasteiger charge is -2.37. The fourth-order valence-electron chi connectivity index (χ4n) is 3.01. The van der Waals surface area contributed by atoms with Gasteiger partial charge in [0.1, 0.15) is 0 Å². The number of amides is 1. The third-order valence-corrected chi connectivity index (χ3v) is 4.46. The van der Waals surface area contributed by atoms with Gasteiger partial charge in [0.05, 0.1) is 19.8 Å². The van der Waals surface area contributed by atoms with Crippen molar-refractivity contribution in [1.82, 2.24) is 15.5 Å². The lowest BCUT2D eigenvalue weighted by molar-refractivity contribution is -0.115. The van der Waals surface area contributed by atoms with Crippen molar-refractivity contribution in [3.63, 3.8) is 0 Å². The summed E-state index contributed by atoms with van der Waals surface area (Å²) in [7, 11) is 1.71. The number of rotatable bonds is 7. The highest BCUT2D eigenvalue weighted by Gasteiger charge is 2.23. The van der Waals surface area contributed by atoms with Crippen molar-refractivity contribution in [2.45, 2.75) is 19.9 Å². The van der Waals surface area contributed by atoms with Crippen molar-refractivity contribution in [3.05, 3.63) is 30.3 Å². The molecule has 0 radical (unpaired) electrons. The monoisotopic (exact) mass is 489 g/mol. The normalized spacial score (nSPS) is 16.4. The van der Waals surface area contributed by atoms with Gasteiger partial charge in [-0.2, -0.15) is 0 Å². The first-order chi connectivity index (χ1) is 12.6. The molecule has 0 bridgehead atoms. The first-order valence-electron chi connectivity index (χ1n) is 9.21. The van der Waals surface area contributed by atoms with Gasteiger partial charge in [0.15, 0.2) is 5.96 Å². The SMILES string of the molecule is CN=C(NCC(=O)Nc1ccccc1)NCC(C(C)C)N1CCOCC1.I. The van der Waals surface area contributed by atoms with Crippen LogP contribution in [0.3, 0.4) is 0 Å². The molecule has 1 aromatic carbocycles. The maximum atomic E-state index is 12.0. The van der Waals surface area contributed by atoms with Gasteiger partial charge in [-0.15, -0.1) is 24.0 Å². The van der Waals surface area contributed by atoms with Crippen LogP contribution in [-0.2, 0) is 9.53 Å². The van der Waals surface area contributed by atoms with Crippen LogP contribution in [0.1, 0.15) is 13.8 Å². The molecule has 152 valence electrons. The molecule has 1 unspecified atom stereocenters. The number of anilines is 1. The Morgan fingerprint density at radius 3 is 2.44 bits per heavy atom. The Morgan fingerprint density at radius 2 is 1.85 bits per heavy atom. The number of guanidine groups is 1. The molecule has 1 atom stereocenters. The summed E-state index contributed by atoms with van der Waals surface area (Å²) in [5.41, 5.74) is 0.787. The molecular formula is C19H32IN5O2. The van der Waals surface area contributed by atoms with E-state index in [1.165, 1.54) is 0 Å². The third kappa shape index (κ3) is 8.44. The molecule has 27 heavy (non-hydrogen) atoms. The number of nitrogens with one attached hydrogen (secondary N) is 3. The minimum absolute atomic E-state index is 0. The number of para-hydroxylation sites is 1. The molecule has 7 nitrogen and oxygen atoms in total. The molecule has 0 aliphatic carbocycles. The van der Waals surface area contributed by atoms with Gasteiger partial charge in [0, 0.05) is 38.4 Å². The van der Waals surface area contributed by atoms with E-state index in [1.54, 1.807) is 7.05 Å². The molecule has 1 saturated heterocycles. The molecule has 0 aromatic heterocycles. The maximum Gasteiger partial charge on any atom is 0.243 e. The van der Waals surface area contributed by atoms with Crippen molar-refractivity contribution in [3.8, 4) is 0 Å². The fourth-order valence-corrected chi connectivity index (χ4v) is 3.01. The van der Waals surface area contributed by atoms with E-state index >= 15 is 0 Å². The molecule has 1 heterocycles. The zero-order chi connectivity index (χ0) is 18.8. The molecular weight excluding hydrogens is 457 g/mol. The molecule has 8 heteroatoms. The van der Waals surface area contributed by atoms with Gasteiger partial charge in [0.25, 0.3) is 0 Å². The van der Waals surface area contributed by atoms with E-state index in [0.29, 0.717) is 17.9 Å². The summed E-state index contributed by atoms with van der Waals surface area (Å²) >= 11 is 0. The summed E-state index contributed by atoms with van der Waals surface area (Å²) in [6.07, 6.45) is 0. The fraction of sp³-hybridized carbons (Fsp3) is 0.579. The average molecular weight is 489 g/mol. The van der Waals surface area contributed by atoms with Crippen LogP contribution in [0.25, 0.3) is 0 Å². The minimum atomic E-state index is -0.104. The second kappa shape index (κ2) is 12.9. The van der Waals surface area contributed by atoms with Gasteiger partial charge < -0.3 is 20.7 Å². The van der Waals surface area contributed by atoms with Crippen molar-refractivity contribution in [2.24, 2.45) is 10.9 Å². The number of ether oxygens (including phenoxy) is 1. The molecule has 0 spiro atoms. The summed E-state index contributed by atoms with van der Waals surface area (Å²) < 4.78 is 5.45. The summed E-state index contributed by atoms with van der Waals surface area (Å²) in [4.78, 5) is 18.7. The minimum Gasteiger partial charge on any atom is -0.379 e. The van der Waals surface area contributed by atoms with E-state index < -0.39 is 0 Å². The number of hydrogen-bond acceptors (Lipinski definition) is 4. The summed E-state index contributed by atoms with van der Waals surface area (Å²) in [6, 6.07) is 9.82. The topological polar surface area (TPSA) is 78.0 Å². The lowest BCUT2D eigenvalue weighted by Crippen LogP contribution is -2.53. The summed E-state index contributed by atoms with van der Waals surface area (Å²) in [6.45, 7) is 8.88. The smallest absolute Gasteiger partial charge is 0.243 e. The molecule has 1 amide bonds. The Morgan fingerprint density at radius 1 is 1.19 bits per heavy atom. The highest BCUT2D eigenvalue weighted by molar-refractivity contribution is 14.0. The van der Waals surface area contributed by atoms with Crippen LogP contribution in [0.4, 0.5) is 5.69 Å². The zero-order valence-corrected chi connectivity index (χ0v) is 18.7. The molecule has 1 fully saturated rings. The van der Waals surface area contributed by atoms with Crippen LogP contribution in [0.2, 0.25) is 0 Å². The molecule has 1 aromatic rings. The summed E-state index contributed by atoms with van der Waals surface area (Å²) in [5, 5.41) is 9.26. The van der Waals surface area contributed by atoms with Crippen molar-refractivity contribution in [1.29, 1.82) is 0 Å². The second-order valence-electron chi connectivity index (χ2n) is 6.68. The number of carbonyl (C=O) groups is 1. The van der Waals surface area contributed by atoms with E-state index in [4.69, 9.17) is 4.74 Å². The first-order valence-corrected chi connectivity index (χ1v) is 9.21. The number of nitrogens with zero attached hydrogens (tertiary/aromatic N) is 2. The maximum absolute atomic E-state index is 12.0. The van der Waals surface area contributed by atoms with E-state index in [9.17, 15) is 4.79 Å². The predicted octanol–water partition coefficient (Wildman–Crippen LogP) is 1.76. The molecule has 1 aliphatic heterocycles. The standard InChI is InChI=1S/C19H31N5O2.HI/c1-15(2)17(24-9-11-26-12-10-24)13-21-19(20-3)22-14-18(25)23-16-7-5-4-6-8-16;/h4-8,15,17H,9-14H2,1-3H3,(H,23,25)(H2,20,21,22);1H. The van der Waals surface area contributed by atoms with Crippen molar-refractivity contribution >= 4 is 41.5 Å². The van der Waals surface area contributed by atoms with Crippen LogP contribution >= 0.6 is 24.0 Å². The number of halogens is 1. The average Bonchev–Trinajstić information content (AvgIpc) is 2.66. The summed E-state index contributed by atoms with van der Waals surface area (Å²) in [5.74, 6) is 1.04. The lowest BCUT2D eigenvalue weighted by atomic mass is 10.0. The number of benzene rings is 1. The molecule has 2 rings (SSSR count). The Kier molecular flexibility index (Phi) is 11.3. The van der Waals surface area contributed by atoms with Crippen LogP contribution < -0.4 is 16.0 Å². The first kappa shape index (κ1) is 23.6. The molecule has 3 N–H and O–H groups in total. The second-order valence-corrected chi connectivity index (χ2v) is 6.68. The van der Waals surface area contributed by atoms with Crippen LogP contribution in [0.15, 0.2) is 35.3 Å². The van der Waals surface area contributed by atoms with E-state index in [2.05, 4.69) is 39.7 Å². The highest BCUT2D eigenvalue weighted by atomic mass is 127. The van der Waals surface area contributed by atoms with E-state index in [0.717, 1.165) is 38.5 Å². The predicted molar refractivity (Wildman–Crippen MR) is 121 cm³/mol. The number of morpholine rings is 1. The van der Waals surface area contributed by atoms with Gasteiger partial charge >= 0.3 is 0 Å². The molecule has 1 aliphatic rings. The zero-order valence-electron chi connectivity index (χ0n) is 16.4. The van der Waals surface area contributed by atoms with Gasteiger partial charge in [-0.1, -0.05) is 32.0 Å². The van der Waals surface area contributed by atoms with Crippen LogP contribution in [0.5, 0.6) is 0 Å². The highest BCUT2D eigenvalue weighted by Crippen LogP contribution is 2.12. The quantitative estimate of drug-likeness (QED) is 0.309. The van der Waals surface area contributed by atoms with Crippen molar-refractivity contribution in [2.75, 3.05) is 51.8 Å².